The second-order valence-electron chi connectivity index (χ2n) is 6.97. The first-order valence-electron chi connectivity index (χ1n) is 7.11. The van der Waals surface area contributed by atoms with Crippen LogP contribution in [0.2, 0.25) is 0 Å². The third-order valence-corrected chi connectivity index (χ3v) is 3.50. The van der Waals surface area contributed by atoms with E-state index >= 15 is 0 Å². The Bertz CT molecular complexity index is 232. The number of nitrogens with zero attached hydrogens (tertiary/aromatic N) is 1. The van der Waals surface area contributed by atoms with Gasteiger partial charge < -0.3 is 15.6 Å². The summed E-state index contributed by atoms with van der Waals surface area (Å²) in [5, 5.41) is 23.2. The largest absolute Gasteiger partial charge is 0.393 e. The summed E-state index contributed by atoms with van der Waals surface area (Å²) in [6.45, 7) is 10.3. The molecular formula is C14H30N2O2. The maximum absolute atomic E-state index is 9.54. The molecule has 2 fully saturated rings. The number of piperidine rings is 2. The maximum atomic E-state index is 9.54. The van der Waals surface area contributed by atoms with E-state index < -0.39 is 0 Å². The van der Waals surface area contributed by atoms with Gasteiger partial charge in [0.05, 0.1) is 6.10 Å². The number of hydroxylamine groups is 2. The van der Waals surface area contributed by atoms with Crippen molar-refractivity contribution in [3.63, 3.8) is 0 Å². The first-order valence-corrected chi connectivity index (χ1v) is 7.11. The van der Waals surface area contributed by atoms with Crippen molar-refractivity contribution in [3.8, 4) is 0 Å². The lowest BCUT2D eigenvalue weighted by molar-refractivity contribution is -0.103. The summed E-state index contributed by atoms with van der Waals surface area (Å²) in [5.74, 6) is 0. The van der Waals surface area contributed by atoms with Crippen molar-refractivity contribution in [2.24, 2.45) is 0 Å². The summed E-state index contributed by atoms with van der Waals surface area (Å²) in [6.07, 6.45) is 5.19. The minimum atomic E-state index is -0.138. The second-order valence-corrected chi connectivity index (χ2v) is 6.97. The van der Waals surface area contributed by atoms with Crippen molar-refractivity contribution in [2.75, 3.05) is 13.1 Å². The Balaban J connectivity index is 0.000000199. The molecule has 2 aliphatic rings. The smallest absolute Gasteiger partial charge is 0.0575 e. The van der Waals surface area contributed by atoms with Crippen LogP contribution in [0.15, 0.2) is 0 Å². The Morgan fingerprint density at radius 1 is 0.944 bits per heavy atom. The molecule has 0 aromatic heterocycles. The number of aliphatic hydroxyl groups excluding tert-OH is 1. The average Bonchev–Trinajstić information content (AvgIpc) is 2.13. The van der Waals surface area contributed by atoms with E-state index in [1.807, 2.05) is 0 Å². The summed E-state index contributed by atoms with van der Waals surface area (Å²) < 4.78 is 0. The van der Waals surface area contributed by atoms with Gasteiger partial charge in [0.2, 0.25) is 0 Å². The quantitative estimate of drug-likeness (QED) is 0.623. The van der Waals surface area contributed by atoms with Crippen LogP contribution in [-0.2, 0) is 0 Å². The molecule has 0 aromatic rings. The van der Waals surface area contributed by atoms with Gasteiger partial charge in [-0.3, -0.25) is 0 Å². The summed E-state index contributed by atoms with van der Waals surface area (Å²) in [7, 11) is 0. The summed E-state index contributed by atoms with van der Waals surface area (Å²) in [4.78, 5) is 0. The lowest BCUT2D eigenvalue weighted by Gasteiger charge is -2.44. The minimum absolute atomic E-state index is 0.0845. The van der Waals surface area contributed by atoms with Gasteiger partial charge in [-0.2, -0.15) is 5.06 Å². The number of nitrogens with one attached hydrogen (secondary N) is 1. The van der Waals surface area contributed by atoms with Crippen LogP contribution in [-0.4, -0.2) is 45.6 Å². The van der Waals surface area contributed by atoms with Gasteiger partial charge in [-0.15, -0.1) is 0 Å². The topological polar surface area (TPSA) is 55.7 Å². The van der Waals surface area contributed by atoms with Crippen LogP contribution >= 0.6 is 0 Å². The number of hydrogen-bond donors (Lipinski definition) is 3. The molecule has 0 saturated carbocycles. The molecule has 2 saturated heterocycles. The molecule has 0 aromatic carbocycles. The SMILES string of the molecule is CC1(C)CC(O)CC(C)(C)N1.ON1CCCCC1. The molecule has 0 atom stereocenters. The van der Waals surface area contributed by atoms with E-state index in [9.17, 15) is 5.11 Å². The highest BCUT2D eigenvalue weighted by molar-refractivity contribution is 4.96. The average molecular weight is 258 g/mol. The normalized spacial score (nSPS) is 28.3. The van der Waals surface area contributed by atoms with Crippen LogP contribution in [0.4, 0.5) is 0 Å². The molecule has 2 rings (SSSR count). The maximum Gasteiger partial charge on any atom is 0.0575 e. The third-order valence-electron chi connectivity index (χ3n) is 3.50. The van der Waals surface area contributed by atoms with Crippen molar-refractivity contribution in [1.82, 2.24) is 10.4 Å². The zero-order valence-corrected chi connectivity index (χ0v) is 12.4. The molecule has 0 unspecified atom stereocenters. The minimum Gasteiger partial charge on any atom is -0.393 e. The van der Waals surface area contributed by atoms with Gasteiger partial charge in [0.25, 0.3) is 0 Å². The standard InChI is InChI=1S/C9H19NO.C5H11NO/c1-8(2)5-7(11)6-9(3,4)10-8;7-6-4-2-1-3-5-6/h7,10-11H,5-6H2,1-4H3;7H,1-5H2. The number of hydrogen-bond acceptors (Lipinski definition) is 4. The Morgan fingerprint density at radius 2 is 1.39 bits per heavy atom. The highest BCUT2D eigenvalue weighted by Crippen LogP contribution is 2.27. The summed E-state index contributed by atoms with van der Waals surface area (Å²) in [6, 6.07) is 0. The molecule has 3 N–H and O–H groups in total. The molecule has 4 nitrogen and oxygen atoms in total. The Kier molecular flexibility index (Phi) is 5.59. The lowest BCUT2D eigenvalue weighted by Crippen LogP contribution is -2.59. The first-order chi connectivity index (χ1) is 8.20. The molecule has 108 valence electrons. The third kappa shape index (κ3) is 6.14. The summed E-state index contributed by atoms with van der Waals surface area (Å²) in [5.41, 5.74) is 0.169. The monoisotopic (exact) mass is 258 g/mol. The van der Waals surface area contributed by atoms with Gasteiger partial charge in [-0.1, -0.05) is 6.42 Å². The van der Waals surface area contributed by atoms with Crippen LogP contribution in [0, 0.1) is 0 Å². The molecular weight excluding hydrogens is 228 g/mol. The van der Waals surface area contributed by atoms with Gasteiger partial charge in [-0.05, 0) is 53.4 Å². The van der Waals surface area contributed by atoms with E-state index in [-0.39, 0.29) is 17.2 Å². The fraction of sp³-hybridized carbons (Fsp3) is 1.00. The van der Waals surface area contributed by atoms with Gasteiger partial charge in [0.1, 0.15) is 0 Å². The van der Waals surface area contributed by atoms with E-state index in [4.69, 9.17) is 5.21 Å². The van der Waals surface area contributed by atoms with E-state index in [0.717, 1.165) is 38.8 Å². The van der Waals surface area contributed by atoms with E-state index in [2.05, 4.69) is 33.0 Å². The van der Waals surface area contributed by atoms with E-state index in [1.165, 1.54) is 11.5 Å². The van der Waals surface area contributed by atoms with Crippen molar-refractivity contribution < 1.29 is 10.3 Å². The molecule has 4 heteroatoms. The Labute approximate surface area is 111 Å². The predicted octanol–water partition coefficient (Wildman–Crippen LogP) is 2.15. The zero-order chi connectivity index (χ0) is 13.8. The van der Waals surface area contributed by atoms with Crippen molar-refractivity contribution in [3.05, 3.63) is 0 Å². The van der Waals surface area contributed by atoms with Crippen LogP contribution < -0.4 is 5.32 Å². The summed E-state index contributed by atoms with van der Waals surface area (Å²) >= 11 is 0. The molecule has 0 aliphatic carbocycles. The number of aliphatic hydroxyl groups is 1. The number of rotatable bonds is 0. The second kappa shape index (κ2) is 6.33. The first kappa shape index (κ1) is 15.9. The van der Waals surface area contributed by atoms with Crippen LogP contribution in [0.25, 0.3) is 0 Å². The van der Waals surface area contributed by atoms with Gasteiger partial charge in [-0.25, -0.2) is 0 Å². The van der Waals surface area contributed by atoms with Crippen LogP contribution in [0.1, 0.15) is 59.8 Å². The van der Waals surface area contributed by atoms with Gasteiger partial charge in [0, 0.05) is 24.2 Å². The fourth-order valence-corrected chi connectivity index (χ4v) is 3.15. The van der Waals surface area contributed by atoms with Crippen LogP contribution in [0.3, 0.4) is 0 Å². The molecule has 0 amide bonds. The van der Waals surface area contributed by atoms with Gasteiger partial charge >= 0.3 is 0 Å². The fourth-order valence-electron chi connectivity index (χ4n) is 3.15. The molecule has 2 aliphatic heterocycles. The molecule has 0 spiro atoms. The van der Waals surface area contributed by atoms with Crippen LogP contribution in [0.5, 0.6) is 0 Å². The van der Waals surface area contributed by atoms with Crippen molar-refractivity contribution >= 4 is 0 Å². The Hall–Kier alpha value is -0.160. The highest BCUT2D eigenvalue weighted by atomic mass is 16.5. The Morgan fingerprint density at radius 3 is 1.67 bits per heavy atom. The van der Waals surface area contributed by atoms with Crippen molar-refractivity contribution in [2.45, 2.75) is 77.0 Å². The molecule has 18 heavy (non-hydrogen) atoms. The van der Waals surface area contributed by atoms with Gasteiger partial charge in [0.15, 0.2) is 0 Å². The van der Waals surface area contributed by atoms with E-state index in [1.54, 1.807) is 0 Å². The predicted molar refractivity (Wildman–Crippen MR) is 73.7 cm³/mol. The molecule has 0 radical (unpaired) electrons. The molecule has 2 heterocycles. The van der Waals surface area contributed by atoms with Crippen molar-refractivity contribution in [1.29, 1.82) is 0 Å². The zero-order valence-electron chi connectivity index (χ0n) is 12.4. The lowest BCUT2D eigenvalue weighted by atomic mass is 9.81. The molecule has 0 bridgehead atoms. The van der Waals surface area contributed by atoms with E-state index in [0.29, 0.717) is 0 Å². The highest BCUT2D eigenvalue weighted by Gasteiger charge is 2.36.